The van der Waals surface area contributed by atoms with Gasteiger partial charge in [0.2, 0.25) is 5.91 Å². The van der Waals surface area contributed by atoms with Crippen molar-refractivity contribution in [2.24, 2.45) is 0 Å². The molecule has 0 saturated carbocycles. The van der Waals surface area contributed by atoms with Crippen molar-refractivity contribution in [3.05, 3.63) is 88.4 Å². The molecule has 0 bridgehead atoms. The Morgan fingerprint density at radius 3 is 2.25 bits per heavy atom. The van der Waals surface area contributed by atoms with Gasteiger partial charge in [-0.2, -0.15) is 0 Å². The van der Waals surface area contributed by atoms with Gasteiger partial charge in [-0.05, 0) is 55.0 Å². The molecule has 0 radical (unpaired) electrons. The van der Waals surface area contributed by atoms with Gasteiger partial charge in [-0.1, -0.05) is 53.5 Å². The first-order valence-electron chi connectivity index (χ1n) is 9.68. The number of nitrogens with zero attached hydrogens (tertiary/aromatic N) is 1. The number of methoxy groups -OCH3 is 1. The topological polar surface area (TPSA) is 75.7 Å². The standard InChI is InChI=1S/C23H22Cl2N2O4S/c1-16(17-8-11-19(31-2)12-9-17)26-23(28)15-27(18-10-13-21(24)22(25)14-18)32(29,30)20-6-4-3-5-7-20/h3-14,16H,15H2,1-2H3,(H,26,28)/t16-/m1/s1. The maximum Gasteiger partial charge on any atom is 0.264 e. The largest absolute Gasteiger partial charge is 0.497 e. The normalized spacial score (nSPS) is 12.1. The molecule has 0 fully saturated rings. The van der Waals surface area contributed by atoms with Crippen molar-refractivity contribution in [3.63, 3.8) is 0 Å². The van der Waals surface area contributed by atoms with Gasteiger partial charge in [0.25, 0.3) is 10.0 Å². The second kappa shape index (κ2) is 10.3. The summed E-state index contributed by atoms with van der Waals surface area (Å²) in [5.74, 6) is 0.228. The van der Waals surface area contributed by atoms with Crippen LogP contribution in [0.2, 0.25) is 10.0 Å². The molecule has 0 saturated heterocycles. The highest BCUT2D eigenvalue weighted by atomic mass is 35.5. The van der Waals surface area contributed by atoms with E-state index in [1.54, 1.807) is 37.4 Å². The van der Waals surface area contributed by atoms with Gasteiger partial charge >= 0.3 is 0 Å². The number of amides is 1. The third-order valence-electron chi connectivity index (χ3n) is 4.80. The van der Waals surface area contributed by atoms with Crippen LogP contribution in [0.5, 0.6) is 5.75 Å². The van der Waals surface area contributed by atoms with Crippen LogP contribution < -0.4 is 14.4 Å². The van der Waals surface area contributed by atoms with Crippen molar-refractivity contribution >= 4 is 44.8 Å². The zero-order valence-corrected chi connectivity index (χ0v) is 19.8. The van der Waals surface area contributed by atoms with Crippen molar-refractivity contribution in [1.82, 2.24) is 5.32 Å². The zero-order valence-electron chi connectivity index (χ0n) is 17.5. The predicted molar refractivity (Wildman–Crippen MR) is 127 cm³/mol. The summed E-state index contributed by atoms with van der Waals surface area (Å²) < 4.78 is 32.9. The average Bonchev–Trinajstić information content (AvgIpc) is 2.80. The Morgan fingerprint density at radius 2 is 1.66 bits per heavy atom. The number of anilines is 1. The molecule has 6 nitrogen and oxygen atoms in total. The Labute approximate surface area is 197 Å². The summed E-state index contributed by atoms with van der Waals surface area (Å²) in [4.78, 5) is 12.9. The minimum Gasteiger partial charge on any atom is -0.497 e. The summed E-state index contributed by atoms with van der Waals surface area (Å²) in [7, 11) is -2.46. The van der Waals surface area contributed by atoms with E-state index in [1.807, 2.05) is 19.1 Å². The molecular formula is C23H22Cl2N2O4S. The SMILES string of the molecule is COc1ccc([C@@H](C)NC(=O)CN(c2ccc(Cl)c(Cl)c2)S(=O)(=O)c2ccccc2)cc1. The number of rotatable bonds is 8. The third kappa shape index (κ3) is 5.54. The Bertz CT molecular complexity index is 1190. The number of nitrogens with one attached hydrogen (secondary N) is 1. The number of halogens is 2. The molecule has 3 aromatic carbocycles. The fraction of sp³-hybridized carbons (Fsp3) is 0.174. The summed E-state index contributed by atoms with van der Waals surface area (Å²) in [5, 5.41) is 3.31. The van der Waals surface area contributed by atoms with Gasteiger partial charge in [0.1, 0.15) is 12.3 Å². The van der Waals surface area contributed by atoms with Crippen LogP contribution in [0.1, 0.15) is 18.5 Å². The van der Waals surface area contributed by atoms with Gasteiger partial charge in [-0.25, -0.2) is 8.42 Å². The Morgan fingerprint density at radius 1 is 1.00 bits per heavy atom. The van der Waals surface area contributed by atoms with Crippen LogP contribution in [-0.2, 0) is 14.8 Å². The first-order chi connectivity index (χ1) is 15.2. The summed E-state index contributed by atoms with van der Waals surface area (Å²) in [5.41, 5.74) is 1.08. The number of carbonyl (C=O) groups is 1. The molecule has 0 aliphatic heterocycles. The van der Waals surface area contributed by atoms with E-state index in [-0.39, 0.29) is 26.7 Å². The quantitative estimate of drug-likeness (QED) is 0.475. The molecule has 0 unspecified atom stereocenters. The molecule has 9 heteroatoms. The fourth-order valence-corrected chi connectivity index (χ4v) is 4.79. The van der Waals surface area contributed by atoms with Crippen LogP contribution >= 0.6 is 23.2 Å². The van der Waals surface area contributed by atoms with Crippen LogP contribution in [-0.4, -0.2) is 28.0 Å². The molecule has 32 heavy (non-hydrogen) atoms. The van der Waals surface area contributed by atoms with Crippen molar-refractivity contribution < 1.29 is 17.9 Å². The molecule has 0 aliphatic carbocycles. The maximum atomic E-state index is 13.3. The zero-order chi connectivity index (χ0) is 23.3. The number of hydrogen-bond acceptors (Lipinski definition) is 4. The monoisotopic (exact) mass is 492 g/mol. The van der Waals surface area contributed by atoms with Crippen molar-refractivity contribution in [1.29, 1.82) is 0 Å². The van der Waals surface area contributed by atoms with Gasteiger partial charge in [0, 0.05) is 0 Å². The van der Waals surface area contributed by atoms with E-state index in [4.69, 9.17) is 27.9 Å². The maximum absolute atomic E-state index is 13.3. The number of hydrogen-bond donors (Lipinski definition) is 1. The first kappa shape index (κ1) is 23.9. The smallest absolute Gasteiger partial charge is 0.264 e. The summed E-state index contributed by atoms with van der Waals surface area (Å²) in [6.07, 6.45) is 0. The lowest BCUT2D eigenvalue weighted by molar-refractivity contribution is -0.120. The molecule has 1 amide bonds. The van der Waals surface area contributed by atoms with Crippen molar-refractivity contribution in [3.8, 4) is 5.75 Å². The van der Waals surface area contributed by atoms with E-state index in [1.165, 1.54) is 30.3 Å². The second-order valence-electron chi connectivity index (χ2n) is 6.99. The molecule has 0 aromatic heterocycles. The lowest BCUT2D eigenvalue weighted by Crippen LogP contribution is -2.41. The third-order valence-corrected chi connectivity index (χ3v) is 7.33. The van der Waals surface area contributed by atoms with Crippen LogP contribution in [0.3, 0.4) is 0 Å². The van der Waals surface area contributed by atoms with Gasteiger partial charge in [0.05, 0.1) is 33.8 Å². The van der Waals surface area contributed by atoms with E-state index in [0.717, 1.165) is 9.87 Å². The van der Waals surface area contributed by atoms with Gasteiger partial charge < -0.3 is 10.1 Å². The molecule has 0 heterocycles. The lowest BCUT2D eigenvalue weighted by Gasteiger charge is -2.25. The Kier molecular flexibility index (Phi) is 7.66. The minimum absolute atomic E-state index is 0.0575. The van der Waals surface area contributed by atoms with Crippen molar-refractivity contribution in [2.45, 2.75) is 17.9 Å². The van der Waals surface area contributed by atoms with E-state index in [2.05, 4.69) is 5.32 Å². The Balaban J connectivity index is 1.88. The molecule has 1 N–H and O–H groups in total. The van der Waals surface area contributed by atoms with Crippen LogP contribution in [0.25, 0.3) is 0 Å². The Hall–Kier alpha value is -2.74. The highest BCUT2D eigenvalue weighted by molar-refractivity contribution is 7.92. The summed E-state index contributed by atoms with van der Waals surface area (Å²) in [6.45, 7) is 1.38. The molecular weight excluding hydrogens is 471 g/mol. The highest BCUT2D eigenvalue weighted by Crippen LogP contribution is 2.30. The van der Waals surface area contributed by atoms with Crippen molar-refractivity contribution in [2.75, 3.05) is 18.0 Å². The second-order valence-corrected chi connectivity index (χ2v) is 9.66. The van der Waals surface area contributed by atoms with E-state index >= 15 is 0 Å². The molecule has 3 aromatic rings. The van der Waals surface area contributed by atoms with Gasteiger partial charge in [-0.15, -0.1) is 0 Å². The first-order valence-corrected chi connectivity index (χ1v) is 11.9. The van der Waals surface area contributed by atoms with Gasteiger partial charge in [0.15, 0.2) is 0 Å². The highest BCUT2D eigenvalue weighted by Gasteiger charge is 2.28. The number of sulfonamides is 1. The van der Waals surface area contributed by atoms with Crippen LogP contribution in [0.4, 0.5) is 5.69 Å². The molecule has 1 atom stereocenters. The predicted octanol–water partition coefficient (Wildman–Crippen LogP) is 5.07. The number of benzene rings is 3. The fourth-order valence-electron chi connectivity index (χ4n) is 3.07. The number of ether oxygens (including phenoxy) is 1. The molecule has 0 aliphatic rings. The minimum atomic E-state index is -4.03. The average molecular weight is 493 g/mol. The summed E-state index contributed by atoms with van der Waals surface area (Å²) in [6, 6.07) is 19.2. The van der Waals surface area contributed by atoms with Crippen LogP contribution in [0.15, 0.2) is 77.7 Å². The van der Waals surface area contributed by atoms with Gasteiger partial charge in [-0.3, -0.25) is 9.10 Å². The molecule has 0 spiro atoms. The van der Waals surface area contributed by atoms with E-state index < -0.39 is 22.5 Å². The molecule has 168 valence electrons. The lowest BCUT2D eigenvalue weighted by atomic mass is 10.1. The summed E-state index contributed by atoms with van der Waals surface area (Å²) >= 11 is 12.1. The molecule has 3 rings (SSSR count). The van der Waals surface area contributed by atoms with E-state index in [9.17, 15) is 13.2 Å². The number of carbonyl (C=O) groups excluding carboxylic acids is 1. The van der Waals surface area contributed by atoms with Crippen LogP contribution in [0, 0.1) is 0 Å². The van der Waals surface area contributed by atoms with E-state index in [0.29, 0.717) is 5.75 Å².